The zero-order chi connectivity index (χ0) is 19.1. The minimum absolute atomic E-state index is 0.0168. The fourth-order valence-electron chi connectivity index (χ4n) is 3.17. The van der Waals surface area contributed by atoms with Crippen molar-refractivity contribution in [3.05, 3.63) is 53.7 Å². The summed E-state index contributed by atoms with van der Waals surface area (Å²) in [5.41, 5.74) is 2.24. The third kappa shape index (κ3) is 5.71. The number of amides is 1. The van der Waals surface area contributed by atoms with E-state index in [1.165, 1.54) is 18.4 Å². The highest BCUT2D eigenvalue weighted by molar-refractivity contribution is 5.77. The van der Waals surface area contributed by atoms with Gasteiger partial charge in [-0.15, -0.1) is 0 Å². The molecule has 0 atom stereocenters. The van der Waals surface area contributed by atoms with E-state index in [2.05, 4.69) is 29.0 Å². The maximum absolute atomic E-state index is 12.0. The fraction of sp³-hybridized carbons (Fsp3) is 0.455. The largest absolute Gasteiger partial charge is 0.484 e. The first kappa shape index (κ1) is 19.2. The average molecular weight is 367 g/mol. The summed E-state index contributed by atoms with van der Waals surface area (Å²) in [6.45, 7) is 7.03. The summed E-state index contributed by atoms with van der Waals surface area (Å²) in [5.74, 6) is 2.41. The molecule has 1 amide bonds. The van der Waals surface area contributed by atoms with Gasteiger partial charge in [0.25, 0.3) is 5.91 Å². The first-order valence-corrected chi connectivity index (χ1v) is 9.82. The predicted octanol–water partition coefficient (Wildman–Crippen LogP) is 3.58. The van der Waals surface area contributed by atoms with E-state index in [9.17, 15) is 4.79 Å². The highest BCUT2D eigenvalue weighted by Crippen LogP contribution is 2.21. The molecule has 1 aromatic carbocycles. The van der Waals surface area contributed by atoms with Gasteiger partial charge in [-0.2, -0.15) is 0 Å². The maximum atomic E-state index is 12.0. The van der Waals surface area contributed by atoms with Crippen molar-refractivity contribution in [1.82, 2.24) is 10.3 Å². The van der Waals surface area contributed by atoms with Crippen LogP contribution in [-0.4, -0.2) is 30.6 Å². The Kier molecular flexibility index (Phi) is 6.69. The molecule has 1 saturated heterocycles. The summed E-state index contributed by atoms with van der Waals surface area (Å²) in [4.78, 5) is 18.9. The summed E-state index contributed by atoms with van der Waals surface area (Å²) in [6, 6.07) is 11.9. The topological polar surface area (TPSA) is 54.5 Å². The molecule has 0 unspecified atom stereocenters. The molecule has 1 aromatic heterocycles. The summed E-state index contributed by atoms with van der Waals surface area (Å²) >= 11 is 0. The molecule has 0 radical (unpaired) electrons. The van der Waals surface area contributed by atoms with Crippen molar-refractivity contribution in [3.63, 3.8) is 0 Å². The van der Waals surface area contributed by atoms with Crippen molar-refractivity contribution in [2.45, 2.75) is 39.7 Å². The third-order valence-corrected chi connectivity index (χ3v) is 5.11. The van der Waals surface area contributed by atoms with Crippen LogP contribution in [0.15, 0.2) is 42.6 Å². The molecule has 5 heteroatoms. The van der Waals surface area contributed by atoms with Gasteiger partial charge in [0.15, 0.2) is 6.61 Å². The van der Waals surface area contributed by atoms with Crippen LogP contribution in [0.5, 0.6) is 5.75 Å². The molecule has 27 heavy (non-hydrogen) atoms. The van der Waals surface area contributed by atoms with Gasteiger partial charge in [-0.1, -0.05) is 32.0 Å². The van der Waals surface area contributed by atoms with Crippen LogP contribution in [-0.2, 0) is 17.8 Å². The van der Waals surface area contributed by atoms with Crippen LogP contribution in [0, 0.1) is 5.92 Å². The van der Waals surface area contributed by atoms with Gasteiger partial charge in [0, 0.05) is 25.8 Å². The van der Waals surface area contributed by atoms with E-state index in [4.69, 9.17) is 4.74 Å². The number of piperidine rings is 1. The molecule has 0 saturated carbocycles. The lowest BCUT2D eigenvalue weighted by Crippen LogP contribution is -2.33. The van der Waals surface area contributed by atoms with Crippen molar-refractivity contribution < 1.29 is 9.53 Å². The Morgan fingerprint density at radius 1 is 1.15 bits per heavy atom. The summed E-state index contributed by atoms with van der Waals surface area (Å²) < 4.78 is 5.53. The molecule has 1 N–H and O–H groups in total. The molecule has 144 valence electrons. The van der Waals surface area contributed by atoms with Crippen molar-refractivity contribution in [2.75, 3.05) is 24.6 Å². The van der Waals surface area contributed by atoms with Crippen LogP contribution in [0.4, 0.5) is 5.82 Å². The number of carbonyl (C=O) groups excluding carboxylic acids is 1. The van der Waals surface area contributed by atoms with Gasteiger partial charge in [0.05, 0.1) is 0 Å². The Hall–Kier alpha value is -2.56. The van der Waals surface area contributed by atoms with Crippen LogP contribution in [0.2, 0.25) is 0 Å². The van der Waals surface area contributed by atoms with Crippen LogP contribution < -0.4 is 15.0 Å². The molecule has 1 aliphatic heterocycles. The quantitative estimate of drug-likeness (QED) is 0.813. The SMILES string of the molecule is CCc1ccc(OCC(=O)NCc2ccc(N3CCC(C)CC3)nc2)cc1. The highest BCUT2D eigenvalue weighted by atomic mass is 16.5. The Morgan fingerprint density at radius 2 is 1.85 bits per heavy atom. The molecule has 0 bridgehead atoms. The summed E-state index contributed by atoms with van der Waals surface area (Å²) in [7, 11) is 0. The lowest BCUT2D eigenvalue weighted by atomic mass is 9.99. The minimum atomic E-state index is -0.135. The monoisotopic (exact) mass is 367 g/mol. The normalized spacial score (nSPS) is 14.8. The van der Waals surface area contributed by atoms with Gasteiger partial charge in [0.2, 0.25) is 0 Å². The molecule has 3 rings (SSSR count). The lowest BCUT2D eigenvalue weighted by Gasteiger charge is -2.31. The Labute approximate surface area is 161 Å². The molecule has 2 aromatic rings. The summed E-state index contributed by atoms with van der Waals surface area (Å²) in [6.07, 6.45) is 5.28. The van der Waals surface area contributed by atoms with Crippen LogP contribution in [0.3, 0.4) is 0 Å². The van der Waals surface area contributed by atoms with Crippen molar-refractivity contribution in [1.29, 1.82) is 0 Å². The van der Waals surface area contributed by atoms with Crippen LogP contribution in [0.1, 0.15) is 37.8 Å². The second kappa shape index (κ2) is 9.40. The number of pyridine rings is 1. The number of ether oxygens (including phenoxy) is 1. The number of aromatic nitrogens is 1. The van der Waals surface area contributed by atoms with E-state index < -0.39 is 0 Å². The number of hydrogen-bond acceptors (Lipinski definition) is 4. The van der Waals surface area contributed by atoms with Gasteiger partial charge in [-0.25, -0.2) is 4.98 Å². The van der Waals surface area contributed by atoms with Crippen LogP contribution >= 0.6 is 0 Å². The predicted molar refractivity (Wildman–Crippen MR) is 108 cm³/mol. The number of hydrogen-bond donors (Lipinski definition) is 1. The van der Waals surface area contributed by atoms with E-state index in [-0.39, 0.29) is 12.5 Å². The number of benzene rings is 1. The van der Waals surface area contributed by atoms with E-state index in [1.807, 2.05) is 42.6 Å². The number of rotatable bonds is 7. The van der Waals surface area contributed by atoms with Gasteiger partial charge in [-0.05, 0) is 54.5 Å². The molecule has 1 fully saturated rings. The third-order valence-electron chi connectivity index (χ3n) is 5.11. The fourth-order valence-corrected chi connectivity index (χ4v) is 3.17. The van der Waals surface area contributed by atoms with Gasteiger partial charge in [0.1, 0.15) is 11.6 Å². The molecule has 5 nitrogen and oxygen atoms in total. The van der Waals surface area contributed by atoms with Gasteiger partial charge < -0.3 is 15.0 Å². The maximum Gasteiger partial charge on any atom is 0.258 e. The van der Waals surface area contributed by atoms with E-state index in [0.29, 0.717) is 12.3 Å². The number of anilines is 1. The number of nitrogens with one attached hydrogen (secondary N) is 1. The standard InChI is InChI=1S/C22H29N3O2/c1-3-18-4-7-20(8-5-18)27-16-22(26)24-15-19-6-9-21(23-14-19)25-12-10-17(2)11-13-25/h4-9,14,17H,3,10-13,15-16H2,1-2H3,(H,24,26). The van der Waals surface area contributed by atoms with E-state index in [1.54, 1.807) is 0 Å². The number of carbonyl (C=O) groups is 1. The Morgan fingerprint density at radius 3 is 2.48 bits per heavy atom. The van der Waals surface area contributed by atoms with Crippen molar-refractivity contribution in [3.8, 4) is 5.75 Å². The van der Waals surface area contributed by atoms with Crippen LogP contribution in [0.25, 0.3) is 0 Å². The zero-order valence-corrected chi connectivity index (χ0v) is 16.3. The zero-order valence-electron chi connectivity index (χ0n) is 16.3. The van der Waals surface area contributed by atoms with Gasteiger partial charge >= 0.3 is 0 Å². The minimum Gasteiger partial charge on any atom is -0.484 e. The number of aryl methyl sites for hydroxylation is 1. The lowest BCUT2D eigenvalue weighted by molar-refractivity contribution is -0.123. The highest BCUT2D eigenvalue weighted by Gasteiger charge is 2.16. The first-order valence-electron chi connectivity index (χ1n) is 9.82. The Bertz CT molecular complexity index is 720. The molecular weight excluding hydrogens is 338 g/mol. The molecular formula is C22H29N3O2. The van der Waals surface area contributed by atoms with Crippen molar-refractivity contribution in [2.24, 2.45) is 5.92 Å². The smallest absolute Gasteiger partial charge is 0.258 e. The molecule has 0 spiro atoms. The van der Waals surface area contributed by atoms with E-state index >= 15 is 0 Å². The van der Waals surface area contributed by atoms with E-state index in [0.717, 1.165) is 36.8 Å². The summed E-state index contributed by atoms with van der Waals surface area (Å²) in [5, 5.41) is 2.88. The first-order chi connectivity index (χ1) is 13.1. The van der Waals surface area contributed by atoms with Gasteiger partial charge in [-0.3, -0.25) is 4.79 Å². The second-order valence-electron chi connectivity index (χ2n) is 7.26. The second-order valence-corrected chi connectivity index (χ2v) is 7.26. The molecule has 1 aliphatic rings. The molecule has 0 aliphatic carbocycles. The average Bonchev–Trinajstić information content (AvgIpc) is 2.72. The van der Waals surface area contributed by atoms with Crippen molar-refractivity contribution >= 4 is 11.7 Å². The Balaban J connectivity index is 1.41. The number of nitrogens with zero attached hydrogens (tertiary/aromatic N) is 2. The molecule has 2 heterocycles.